The van der Waals surface area contributed by atoms with E-state index in [1.54, 1.807) is 24.6 Å². The highest BCUT2D eigenvalue weighted by Gasteiger charge is 2.39. The second-order valence-corrected chi connectivity index (χ2v) is 6.01. The Morgan fingerprint density at radius 1 is 1.13 bits per heavy atom. The highest BCUT2D eigenvalue weighted by atomic mass is 32.1. The van der Waals surface area contributed by atoms with Gasteiger partial charge in [0.15, 0.2) is 5.76 Å². The molecule has 0 saturated carbocycles. The number of thiophene rings is 1. The lowest BCUT2D eigenvalue weighted by molar-refractivity contribution is -0.138. The first-order valence-electron chi connectivity index (χ1n) is 7.08. The molecule has 0 atom stereocenters. The van der Waals surface area contributed by atoms with Crippen LogP contribution in [-0.2, 0) is 16.0 Å². The Kier molecular flexibility index (Phi) is 4.16. The van der Waals surface area contributed by atoms with Crippen molar-refractivity contribution < 1.29 is 19.4 Å². The molecule has 2 amide bonds. The van der Waals surface area contributed by atoms with Gasteiger partial charge in [-0.1, -0.05) is 18.2 Å². The van der Waals surface area contributed by atoms with E-state index in [9.17, 15) is 14.7 Å². The van der Waals surface area contributed by atoms with E-state index in [1.807, 2.05) is 24.3 Å². The molecule has 0 fully saturated rings. The Morgan fingerprint density at radius 3 is 2.48 bits per heavy atom. The van der Waals surface area contributed by atoms with Crippen LogP contribution in [0.1, 0.15) is 10.4 Å². The zero-order chi connectivity index (χ0) is 16.4. The van der Waals surface area contributed by atoms with Crippen molar-refractivity contribution in [3.8, 4) is 5.75 Å². The predicted molar refractivity (Wildman–Crippen MR) is 87.3 cm³/mol. The van der Waals surface area contributed by atoms with Crippen molar-refractivity contribution in [2.24, 2.45) is 0 Å². The van der Waals surface area contributed by atoms with Crippen LogP contribution >= 0.6 is 11.3 Å². The van der Waals surface area contributed by atoms with Crippen molar-refractivity contribution in [1.29, 1.82) is 0 Å². The van der Waals surface area contributed by atoms with Crippen molar-refractivity contribution in [3.05, 3.63) is 58.0 Å². The monoisotopic (exact) mass is 329 g/mol. The molecule has 1 N–H and O–H groups in total. The Balaban J connectivity index is 1.72. The van der Waals surface area contributed by atoms with Gasteiger partial charge in [0.2, 0.25) is 0 Å². The smallest absolute Gasteiger partial charge is 0.296 e. The Hall–Kier alpha value is -2.60. The number of carbonyl (C=O) groups is 2. The molecule has 0 bridgehead atoms. The van der Waals surface area contributed by atoms with Crippen molar-refractivity contribution >= 4 is 28.7 Å². The zero-order valence-electron chi connectivity index (χ0n) is 12.5. The number of rotatable bonds is 5. The number of ether oxygens (including phenoxy) is 1. The molecule has 6 heteroatoms. The summed E-state index contributed by atoms with van der Waals surface area (Å²) in [5.41, 5.74) is 1.08. The van der Waals surface area contributed by atoms with Crippen LogP contribution in [0.25, 0.3) is 5.57 Å². The third kappa shape index (κ3) is 2.85. The quantitative estimate of drug-likeness (QED) is 0.857. The average Bonchev–Trinajstić information content (AvgIpc) is 3.15. The summed E-state index contributed by atoms with van der Waals surface area (Å²) < 4.78 is 5.09. The standard InChI is InChI=1S/C17H15NO4S/c1-22-12-6-4-11(5-7-12)8-9-18-16(20)14(15(19)17(18)21)13-3-2-10-23-13/h2-7,10,19H,8-9H2,1H3. The van der Waals surface area contributed by atoms with Gasteiger partial charge in [-0.15, -0.1) is 11.3 Å². The molecule has 1 aliphatic rings. The highest BCUT2D eigenvalue weighted by Crippen LogP contribution is 2.30. The second kappa shape index (κ2) is 6.26. The molecule has 1 aliphatic heterocycles. The maximum absolute atomic E-state index is 12.4. The summed E-state index contributed by atoms with van der Waals surface area (Å²) in [5.74, 6) is -0.788. The summed E-state index contributed by atoms with van der Waals surface area (Å²) in [6, 6.07) is 10.9. The Morgan fingerprint density at radius 2 is 1.87 bits per heavy atom. The molecule has 2 aromatic rings. The van der Waals surface area contributed by atoms with E-state index in [0.717, 1.165) is 16.2 Å². The largest absolute Gasteiger partial charge is 0.502 e. The van der Waals surface area contributed by atoms with Crippen LogP contribution in [0, 0.1) is 0 Å². The highest BCUT2D eigenvalue weighted by molar-refractivity contribution is 7.11. The second-order valence-electron chi connectivity index (χ2n) is 5.06. The number of carbonyl (C=O) groups excluding carboxylic acids is 2. The number of hydrogen-bond donors (Lipinski definition) is 1. The van der Waals surface area contributed by atoms with Gasteiger partial charge in [0.1, 0.15) is 11.3 Å². The maximum Gasteiger partial charge on any atom is 0.296 e. The molecule has 3 rings (SSSR count). The van der Waals surface area contributed by atoms with Crippen LogP contribution < -0.4 is 4.74 Å². The van der Waals surface area contributed by atoms with Crippen LogP contribution in [0.5, 0.6) is 5.75 Å². The van der Waals surface area contributed by atoms with Gasteiger partial charge in [0, 0.05) is 11.4 Å². The van der Waals surface area contributed by atoms with E-state index >= 15 is 0 Å². The number of imide groups is 1. The lowest BCUT2D eigenvalue weighted by atomic mass is 10.1. The van der Waals surface area contributed by atoms with Gasteiger partial charge in [-0.25, -0.2) is 0 Å². The van der Waals surface area contributed by atoms with Crippen LogP contribution in [0.4, 0.5) is 0 Å². The lowest BCUT2D eigenvalue weighted by Gasteiger charge is -2.14. The summed E-state index contributed by atoms with van der Waals surface area (Å²) in [6.45, 7) is 0.225. The lowest BCUT2D eigenvalue weighted by Crippen LogP contribution is -2.33. The topological polar surface area (TPSA) is 66.8 Å². The van der Waals surface area contributed by atoms with Gasteiger partial charge < -0.3 is 9.84 Å². The minimum Gasteiger partial charge on any atom is -0.502 e. The third-order valence-electron chi connectivity index (χ3n) is 3.69. The van der Waals surface area contributed by atoms with Gasteiger partial charge >= 0.3 is 0 Å². The van der Waals surface area contributed by atoms with Crippen molar-refractivity contribution in [2.75, 3.05) is 13.7 Å². The molecule has 2 heterocycles. The Labute approximate surface area is 137 Å². The van der Waals surface area contributed by atoms with Crippen LogP contribution in [0.2, 0.25) is 0 Å². The summed E-state index contributed by atoms with van der Waals surface area (Å²) in [6.07, 6.45) is 0.520. The van der Waals surface area contributed by atoms with Gasteiger partial charge in [0.25, 0.3) is 11.8 Å². The Bertz CT molecular complexity index is 762. The van der Waals surface area contributed by atoms with E-state index in [2.05, 4.69) is 0 Å². The third-order valence-corrected chi connectivity index (χ3v) is 4.58. The van der Waals surface area contributed by atoms with Crippen LogP contribution in [0.15, 0.2) is 47.5 Å². The van der Waals surface area contributed by atoms with E-state index in [0.29, 0.717) is 11.3 Å². The van der Waals surface area contributed by atoms with Crippen molar-refractivity contribution in [3.63, 3.8) is 0 Å². The SMILES string of the molecule is COc1ccc(CCN2C(=O)C(O)=C(c3cccs3)C2=O)cc1. The summed E-state index contributed by atoms with van der Waals surface area (Å²) in [5, 5.41) is 11.8. The maximum atomic E-state index is 12.4. The van der Waals surface area contributed by atoms with E-state index in [4.69, 9.17) is 4.74 Å². The van der Waals surface area contributed by atoms with Gasteiger partial charge in [-0.2, -0.15) is 0 Å². The molecule has 0 spiro atoms. The fourth-order valence-electron chi connectivity index (χ4n) is 2.44. The number of aliphatic hydroxyl groups excluding tert-OH is 1. The minimum atomic E-state index is -0.632. The predicted octanol–water partition coefficient (Wildman–Crippen LogP) is 2.64. The van der Waals surface area contributed by atoms with Gasteiger partial charge in [0.05, 0.1) is 7.11 Å². The first-order valence-corrected chi connectivity index (χ1v) is 7.96. The van der Waals surface area contributed by atoms with E-state index in [1.165, 1.54) is 11.3 Å². The molecule has 1 aromatic carbocycles. The molecular formula is C17H15NO4S. The van der Waals surface area contributed by atoms with Crippen LogP contribution in [0.3, 0.4) is 0 Å². The summed E-state index contributed by atoms with van der Waals surface area (Å²) in [4.78, 5) is 26.2. The number of nitrogens with zero attached hydrogens (tertiary/aromatic N) is 1. The number of benzene rings is 1. The first kappa shape index (κ1) is 15.3. The fourth-order valence-corrected chi connectivity index (χ4v) is 3.21. The molecule has 0 unspecified atom stereocenters. The molecule has 0 radical (unpaired) electrons. The van der Waals surface area contributed by atoms with E-state index in [-0.39, 0.29) is 12.1 Å². The molecule has 1 aromatic heterocycles. The van der Waals surface area contributed by atoms with Gasteiger partial charge in [-0.3, -0.25) is 14.5 Å². The van der Waals surface area contributed by atoms with E-state index < -0.39 is 17.6 Å². The van der Waals surface area contributed by atoms with Crippen LogP contribution in [-0.4, -0.2) is 35.5 Å². The van der Waals surface area contributed by atoms with Crippen molar-refractivity contribution in [2.45, 2.75) is 6.42 Å². The molecule has 23 heavy (non-hydrogen) atoms. The number of amides is 2. The van der Waals surface area contributed by atoms with Gasteiger partial charge in [-0.05, 0) is 35.6 Å². The number of hydrogen-bond acceptors (Lipinski definition) is 5. The fraction of sp³-hybridized carbons (Fsp3) is 0.176. The zero-order valence-corrected chi connectivity index (χ0v) is 13.3. The molecule has 0 aliphatic carbocycles. The number of methoxy groups -OCH3 is 1. The summed E-state index contributed by atoms with van der Waals surface area (Å²) in [7, 11) is 1.59. The minimum absolute atomic E-state index is 0.0970. The molecule has 118 valence electrons. The normalized spacial score (nSPS) is 14.7. The number of aliphatic hydroxyl groups is 1. The average molecular weight is 329 g/mol. The summed E-state index contributed by atoms with van der Waals surface area (Å²) >= 11 is 1.32. The van der Waals surface area contributed by atoms with Crippen molar-refractivity contribution in [1.82, 2.24) is 4.90 Å². The first-order chi connectivity index (χ1) is 11.1. The molecule has 5 nitrogen and oxygen atoms in total. The molecule has 0 saturated heterocycles. The molecular weight excluding hydrogens is 314 g/mol.